The number of rotatable bonds is 0. The zero-order valence-electron chi connectivity index (χ0n) is 5.28. The smallest absolute Gasteiger partial charge is 0 e. The van der Waals surface area contributed by atoms with Crippen LogP contribution in [0.15, 0.2) is 0 Å². The van der Waals surface area contributed by atoms with E-state index in [9.17, 15) is 0 Å². The van der Waals surface area contributed by atoms with E-state index in [1.165, 1.54) is 6.42 Å². The van der Waals surface area contributed by atoms with Crippen molar-refractivity contribution in [3.05, 3.63) is 0 Å². The van der Waals surface area contributed by atoms with Gasteiger partial charge in [-0.3, -0.25) is 0 Å². The van der Waals surface area contributed by atoms with Crippen molar-refractivity contribution >= 4 is 0 Å². The summed E-state index contributed by atoms with van der Waals surface area (Å²) < 4.78 is 0. The van der Waals surface area contributed by atoms with Crippen LogP contribution in [-0.2, 0) is 32.7 Å². The molecule has 37 valence electrons. The summed E-state index contributed by atoms with van der Waals surface area (Å²) in [4.78, 5) is 0. The first-order valence-corrected chi connectivity index (χ1v) is 2.41. The number of hydrogen-bond acceptors (Lipinski definition) is 0. The maximum absolute atomic E-state index is 2.12. The third-order valence-electron chi connectivity index (χ3n) is 0. The standard InChI is InChI=1S/C3H8.C2H6.Y/c1-3-2;1-2;/h3H2,1-2H3;1-2H3;. The minimum Gasteiger partial charge on any atom is -0.0683 e. The van der Waals surface area contributed by atoms with Gasteiger partial charge in [0.15, 0.2) is 0 Å². The maximum Gasteiger partial charge on any atom is 0 e. The molecule has 0 N–H and O–H groups in total. The quantitative estimate of drug-likeness (QED) is 0.514. The summed E-state index contributed by atoms with van der Waals surface area (Å²) in [7, 11) is 0. The van der Waals surface area contributed by atoms with Gasteiger partial charge in [-0.1, -0.05) is 34.1 Å². The molecule has 0 bridgehead atoms. The van der Waals surface area contributed by atoms with Crippen LogP contribution < -0.4 is 0 Å². The fourth-order valence-corrected chi connectivity index (χ4v) is 0. The van der Waals surface area contributed by atoms with Crippen molar-refractivity contribution < 1.29 is 32.7 Å². The van der Waals surface area contributed by atoms with Crippen LogP contribution >= 0.6 is 0 Å². The van der Waals surface area contributed by atoms with Crippen molar-refractivity contribution in [1.29, 1.82) is 0 Å². The van der Waals surface area contributed by atoms with E-state index in [-0.39, 0.29) is 32.7 Å². The predicted octanol–water partition coefficient (Wildman–Crippen LogP) is 2.44. The van der Waals surface area contributed by atoms with Crippen LogP contribution in [0.3, 0.4) is 0 Å². The van der Waals surface area contributed by atoms with Crippen molar-refractivity contribution in [3.8, 4) is 0 Å². The Hall–Kier alpha value is 1.10. The maximum atomic E-state index is 2.12. The van der Waals surface area contributed by atoms with Gasteiger partial charge in [0.1, 0.15) is 0 Å². The first kappa shape index (κ1) is 15.7. The average Bonchev–Trinajstić information content (AvgIpc) is 1.46. The molecule has 6 heavy (non-hydrogen) atoms. The van der Waals surface area contributed by atoms with E-state index in [2.05, 4.69) is 13.8 Å². The molecule has 1 heteroatoms. The van der Waals surface area contributed by atoms with Crippen LogP contribution in [0.5, 0.6) is 0 Å². The molecule has 0 spiro atoms. The summed E-state index contributed by atoms with van der Waals surface area (Å²) in [5.74, 6) is 0. The molecule has 0 saturated heterocycles. The van der Waals surface area contributed by atoms with Gasteiger partial charge in [0, 0.05) is 32.7 Å². The molecule has 0 nitrogen and oxygen atoms in total. The summed E-state index contributed by atoms with van der Waals surface area (Å²) >= 11 is 0. The molecule has 0 fully saturated rings. The monoisotopic (exact) mass is 163 g/mol. The van der Waals surface area contributed by atoms with Crippen LogP contribution in [0, 0.1) is 0 Å². The Morgan fingerprint density at radius 2 is 1.00 bits per heavy atom. The molecule has 0 aromatic heterocycles. The van der Waals surface area contributed by atoms with Gasteiger partial charge in [-0.25, -0.2) is 0 Å². The molecule has 0 heterocycles. The summed E-state index contributed by atoms with van der Waals surface area (Å²) in [6, 6.07) is 0. The third kappa shape index (κ3) is 70.5. The molecule has 0 atom stereocenters. The molecule has 0 aliphatic rings. The van der Waals surface area contributed by atoms with Crippen molar-refractivity contribution in [2.75, 3.05) is 0 Å². The molecule has 0 unspecified atom stereocenters. The van der Waals surface area contributed by atoms with Crippen molar-refractivity contribution in [2.24, 2.45) is 0 Å². The van der Waals surface area contributed by atoms with E-state index in [4.69, 9.17) is 0 Å². The van der Waals surface area contributed by atoms with Gasteiger partial charge >= 0.3 is 0 Å². The van der Waals surface area contributed by atoms with Crippen LogP contribution in [0.2, 0.25) is 0 Å². The van der Waals surface area contributed by atoms with E-state index < -0.39 is 0 Å². The zero-order chi connectivity index (χ0) is 4.71. The second kappa shape index (κ2) is 35.9. The predicted molar refractivity (Wildman–Crippen MR) is 27.3 cm³/mol. The molecule has 0 saturated carbocycles. The molecule has 0 aromatic rings. The van der Waals surface area contributed by atoms with E-state index >= 15 is 0 Å². The van der Waals surface area contributed by atoms with Crippen LogP contribution in [0.25, 0.3) is 0 Å². The second-order valence-corrected chi connectivity index (χ2v) is 0.707. The first-order valence-electron chi connectivity index (χ1n) is 2.41. The molecular formula is C5H14Y. The van der Waals surface area contributed by atoms with Gasteiger partial charge in [-0.05, 0) is 0 Å². The van der Waals surface area contributed by atoms with Gasteiger partial charge < -0.3 is 0 Å². The summed E-state index contributed by atoms with van der Waals surface area (Å²) in [6.07, 6.45) is 1.25. The summed E-state index contributed by atoms with van der Waals surface area (Å²) in [6.45, 7) is 8.25. The van der Waals surface area contributed by atoms with Crippen molar-refractivity contribution in [2.45, 2.75) is 34.1 Å². The fraction of sp³-hybridized carbons (Fsp3) is 1.00. The Balaban J connectivity index is -0.0000000275. The molecule has 0 rings (SSSR count). The first-order chi connectivity index (χ1) is 2.41. The van der Waals surface area contributed by atoms with Gasteiger partial charge in [0.05, 0.1) is 0 Å². The number of hydrogen-bond donors (Lipinski definition) is 0. The molecule has 0 amide bonds. The minimum atomic E-state index is 0. The van der Waals surface area contributed by atoms with Gasteiger partial charge in [0.25, 0.3) is 0 Å². The molecule has 0 aromatic carbocycles. The van der Waals surface area contributed by atoms with Gasteiger partial charge in [-0.2, -0.15) is 0 Å². The van der Waals surface area contributed by atoms with Crippen LogP contribution in [0.1, 0.15) is 34.1 Å². The Kier molecular flexibility index (Phi) is 94.1. The summed E-state index contributed by atoms with van der Waals surface area (Å²) in [5.41, 5.74) is 0. The average molecular weight is 163 g/mol. The van der Waals surface area contributed by atoms with E-state index in [0.717, 1.165) is 0 Å². The van der Waals surface area contributed by atoms with E-state index in [1.807, 2.05) is 13.8 Å². The van der Waals surface area contributed by atoms with Gasteiger partial charge in [0.2, 0.25) is 0 Å². The summed E-state index contributed by atoms with van der Waals surface area (Å²) in [5, 5.41) is 0. The van der Waals surface area contributed by atoms with Gasteiger partial charge in [-0.15, -0.1) is 0 Å². The Labute approximate surface area is 66.6 Å². The Bertz CT molecular complexity index is 3.90. The normalized spacial score (nSPS) is 4.00. The molecule has 1 radical (unpaired) electrons. The van der Waals surface area contributed by atoms with Crippen molar-refractivity contribution in [1.82, 2.24) is 0 Å². The third-order valence-corrected chi connectivity index (χ3v) is 0. The fourth-order valence-electron chi connectivity index (χ4n) is 0. The second-order valence-electron chi connectivity index (χ2n) is 0.707. The SMILES string of the molecule is CC.CCC.[Y]. The van der Waals surface area contributed by atoms with E-state index in [0.29, 0.717) is 0 Å². The Morgan fingerprint density at radius 3 is 1.00 bits per heavy atom. The minimum absolute atomic E-state index is 0. The topological polar surface area (TPSA) is 0 Å². The van der Waals surface area contributed by atoms with Crippen LogP contribution in [0.4, 0.5) is 0 Å². The molecular weight excluding hydrogens is 149 g/mol. The largest absolute Gasteiger partial charge is 0.0683 e. The molecule has 0 aliphatic heterocycles. The van der Waals surface area contributed by atoms with E-state index in [1.54, 1.807) is 0 Å². The van der Waals surface area contributed by atoms with Crippen molar-refractivity contribution in [3.63, 3.8) is 0 Å². The molecule has 0 aliphatic carbocycles. The Morgan fingerprint density at radius 1 is 1.00 bits per heavy atom. The van der Waals surface area contributed by atoms with Crippen LogP contribution in [-0.4, -0.2) is 0 Å². The zero-order valence-corrected chi connectivity index (χ0v) is 8.12.